The molecule has 0 fully saturated rings. The molecule has 1 aromatic carbocycles. The van der Waals surface area contributed by atoms with Crippen molar-refractivity contribution in [3.8, 4) is 0 Å². The molecule has 6 nitrogen and oxygen atoms in total. The van der Waals surface area contributed by atoms with Crippen LogP contribution in [0.25, 0.3) is 10.9 Å². The molecule has 7 heteroatoms. The van der Waals surface area contributed by atoms with Gasteiger partial charge in [-0.1, -0.05) is 37.3 Å². The first-order valence-corrected chi connectivity index (χ1v) is 9.55. The van der Waals surface area contributed by atoms with Gasteiger partial charge in [-0.3, -0.25) is 14.4 Å². The molecule has 0 bridgehead atoms. The Bertz CT molecular complexity index is 1130. The normalized spacial score (nSPS) is 15.6. The number of nitrogens with zero attached hydrogens (tertiary/aromatic N) is 2. The Morgan fingerprint density at radius 1 is 1.22 bits per heavy atom. The van der Waals surface area contributed by atoms with Crippen molar-refractivity contribution in [2.75, 3.05) is 5.32 Å². The molecule has 1 aliphatic carbocycles. The van der Waals surface area contributed by atoms with Gasteiger partial charge in [-0.25, -0.2) is 4.98 Å². The summed E-state index contributed by atoms with van der Waals surface area (Å²) in [5.41, 5.74) is 1.30. The predicted octanol–water partition coefficient (Wildman–Crippen LogP) is 3.25. The Kier molecular flexibility index (Phi) is 4.19. The molecule has 0 unspecified atom stereocenters. The van der Waals surface area contributed by atoms with E-state index >= 15 is 0 Å². The Labute approximate surface area is 159 Å². The molecular formula is C20H19N3O3S. The number of aromatic nitrogens is 2. The van der Waals surface area contributed by atoms with Gasteiger partial charge < -0.3 is 9.88 Å². The summed E-state index contributed by atoms with van der Waals surface area (Å²) in [5.74, 6) is -0.160. The summed E-state index contributed by atoms with van der Waals surface area (Å²) in [5, 5.41) is 3.81. The van der Waals surface area contributed by atoms with Gasteiger partial charge in [0, 0.05) is 24.1 Å². The smallest absolute Gasteiger partial charge is 0.246 e. The van der Waals surface area contributed by atoms with Crippen LogP contribution in [0.1, 0.15) is 35.6 Å². The minimum Gasteiger partial charge on any atom is -0.338 e. The molecule has 138 valence electrons. The topological polar surface area (TPSA) is 81.1 Å². The minimum absolute atomic E-state index is 0.0600. The van der Waals surface area contributed by atoms with Crippen molar-refractivity contribution in [3.63, 3.8) is 0 Å². The average Bonchev–Trinajstić information content (AvgIpc) is 2.99. The van der Waals surface area contributed by atoms with Crippen LogP contribution in [0.15, 0.2) is 41.3 Å². The van der Waals surface area contributed by atoms with E-state index in [2.05, 4.69) is 10.3 Å². The van der Waals surface area contributed by atoms with Crippen LogP contribution in [0.4, 0.5) is 5.13 Å². The maximum Gasteiger partial charge on any atom is 0.246 e. The number of nitrogens with one attached hydrogen (secondary N) is 1. The van der Waals surface area contributed by atoms with E-state index in [1.54, 1.807) is 22.9 Å². The lowest BCUT2D eigenvalue weighted by Gasteiger charge is -2.26. The number of thiazole rings is 1. The summed E-state index contributed by atoms with van der Waals surface area (Å²) < 4.78 is 1.73. The van der Waals surface area contributed by atoms with Crippen LogP contribution in [0, 0.1) is 5.41 Å². The van der Waals surface area contributed by atoms with Gasteiger partial charge in [0.05, 0.1) is 16.1 Å². The fraction of sp³-hybridized carbons (Fsp3) is 0.300. The van der Waals surface area contributed by atoms with Crippen LogP contribution in [-0.2, 0) is 17.8 Å². The molecule has 0 saturated heterocycles. The van der Waals surface area contributed by atoms with E-state index in [1.165, 1.54) is 17.4 Å². The fourth-order valence-corrected chi connectivity index (χ4v) is 4.42. The SMILES string of the molecule is CC1(C)CC(=O)c2sc(NC(=O)Cn3ccc(=O)c4ccccc43)nc2C1. The van der Waals surface area contributed by atoms with Crippen LogP contribution >= 0.6 is 11.3 Å². The van der Waals surface area contributed by atoms with Gasteiger partial charge in [-0.05, 0) is 24.0 Å². The third-order valence-electron chi connectivity index (χ3n) is 4.68. The first-order chi connectivity index (χ1) is 12.8. The summed E-state index contributed by atoms with van der Waals surface area (Å²) in [7, 11) is 0. The van der Waals surface area contributed by atoms with Gasteiger partial charge in [0.25, 0.3) is 0 Å². The molecule has 0 aliphatic heterocycles. The maximum absolute atomic E-state index is 12.5. The minimum atomic E-state index is -0.249. The number of carbonyl (C=O) groups is 2. The molecule has 2 heterocycles. The first-order valence-electron chi connectivity index (χ1n) is 8.73. The van der Waals surface area contributed by atoms with Gasteiger partial charge in [-0.15, -0.1) is 0 Å². The highest BCUT2D eigenvalue weighted by molar-refractivity contribution is 7.17. The zero-order valence-electron chi connectivity index (χ0n) is 15.1. The number of hydrogen-bond acceptors (Lipinski definition) is 5. The van der Waals surface area contributed by atoms with Crippen LogP contribution < -0.4 is 10.7 Å². The van der Waals surface area contributed by atoms with E-state index in [4.69, 9.17) is 0 Å². The molecule has 4 rings (SSSR count). The van der Waals surface area contributed by atoms with E-state index in [0.717, 1.165) is 12.1 Å². The van der Waals surface area contributed by atoms with Gasteiger partial charge in [-0.2, -0.15) is 0 Å². The summed E-state index contributed by atoms with van der Waals surface area (Å²) >= 11 is 1.24. The zero-order valence-corrected chi connectivity index (χ0v) is 15.9. The number of benzene rings is 1. The molecule has 2 aromatic heterocycles. The second-order valence-corrected chi connectivity index (χ2v) is 8.61. The summed E-state index contributed by atoms with van der Waals surface area (Å²) in [6.45, 7) is 4.16. The second-order valence-electron chi connectivity index (χ2n) is 7.61. The van der Waals surface area contributed by atoms with Crippen molar-refractivity contribution in [1.82, 2.24) is 9.55 Å². The van der Waals surface area contributed by atoms with Crippen molar-refractivity contribution in [2.24, 2.45) is 5.41 Å². The lowest BCUT2D eigenvalue weighted by molar-refractivity contribution is -0.116. The molecular weight excluding hydrogens is 362 g/mol. The molecule has 1 N–H and O–H groups in total. The third kappa shape index (κ3) is 3.42. The highest BCUT2D eigenvalue weighted by Crippen LogP contribution is 2.38. The number of carbonyl (C=O) groups excluding carboxylic acids is 2. The third-order valence-corrected chi connectivity index (χ3v) is 5.73. The lowest BCUT2D eigenvalue weighted by Crippen LogP contribution is -2.26. The number of fused-ring (bicyclic) bond motifs is 2. The van der Waals surface area contributed by atoms with Crippen molar-refractivity contribution in [2.45, 2.75) is 33.2 Å². The van der Waals surface area contributed by atoms with Crippen LogP contribution in [0.5, 0.6) is 0 Å². The molecule has 3 aromatic rings. The molecule has 27 heavy (non-hydrogen) atoms. The summed E-state index contributed by atoms with van der Waals surface area (Å²) in [6.07, 6.45) is 2.84. The second kappa shape index (κ2) is 6.42. The van der Waals surface area contributed by atoms with Crippen molar-refractivity contribution in [1.29, 1.82) is 0 Å². The number of pyridine rings is 1. The number of anilines is 1. The van der Waals surface area contributed by atoms with Gasteiger partial charge in [0.15, 0.2) is 16.3 Å². The van der Waals surface area contributed by atoms with E-state index in [9.17, 15) is 14.4 Å². The van der Waals surface area contributed by atoms with E-state index < -0.39 is 0 Å². The standard InChI is InChI=1S/C20H19N3O3S/c1-20(2)9-13-18(16(25)10-20)27-19(21-13)22-17(26)11-23-8-7-15(24)12-5-3-4-6-14(12)23/h3-8H,9-11H2,1-2H3,(H,21,22,26). The number of Topliss-reactive ketones (excluding diaryl/α,β-unsaturated/α-hetero) is 1. The van der Waals surface area contributed by atoms with Crippen LogP contribution in [0.2, 0.25) is 0 Å². The molecule has 0 saturated carbocycles. The summed E-state index contributed by atoms with van der Waals surface area (Å²) in [6, 6.07) is 8.64. The number of para-hydroxylation sites is 1. The van der Waals surface area contributed by atoms with Gasteiger partial charge in [0.2, 0.25) is 5.91 Å². The van der Waals surface area contributed by atoms with Crippen molar-refractivity contribution >= 4 is 39.1 Å². The fourth-order valence-electron chi connectivity index (χ4n) is 3.49. The number of rotatable bonds is 3. The molecule has 0 atom stereocenters. The maximum atomic E-state index is 12.5. The number of ketones is 1. The molecule has 1 amide bonds. The molecule has 0 radical (unpaired) electrons. The van der Waals surface area contributed by atoms with Crippen LogP contribution in [0.3, 0.4) is 0 Å². The summed E-state index contributed by atoms with van der Waals surface area (Å²) in [4.78, 5) is 41.9. The number of hydrogen-bond donors (Lipinski definition) is 1. The predicted molar refractivity (Wildman–Crippen MR) is 105 cm³/mol. The van der Waals surface area contributed by atoms with Gasteiger partial charge >= 0.3 is 0 Å². The van der Waals surface area contributed by atoms with E-state index in [-0.39, 0.29) is 29.1 Å². The van der Waals surface area contributed by atoms with Crippen LogP contribution in [-0.4, -0.2) is 21.2 Å². The zero-order chi connectivity index (χ0) is 19.2. The Hall–Kier alpha value is -2.80. The largest absolute Gasteiger partial charge is 0.338 e. The highest BCUT2D eigenvalue weighted by Gasteiger charge is 2.34. The Balaban J connectivity index is 1.56. The Morgan fingerprint density at radius 2 is 2.00 bits per heavy atom. The molecule has 0 spiro atoms. The van der Waals surface area contributed by atoms with E-state index in [0.29, 0.717) is 27.3 Å². The Morgan fingerprint density at radius 3 is 2.81 bits per heavy atom. The van der Waals surface area contributed by atoms with E-state index in [1.807, 2.05) is 26.0 Å². The quantitative estimate of drug-likeness (QED) is 0.755. The first kappa shape index (κ1) is 17.6. The van der Waals surface area contributed by atoms with Gasteiger partial charge in [0.1, 0.15) is 6.54 Å². The monoisotopic (exact) mass is 381 g/mol. The average molecular weight is 381 g/mol. The number of amides is 1. The molecule has 1 aliphatic rings. The lowest BCUT2D eigenvalue weighted by atomic mass is 9.78. The highest BCUT2D eigenvalue weighted by atomic mass is 32.1. The van der Waals surface area contributed by atoms with Crippen molar-refractivity contribution < 1.29 is 9.59 Å². The van der Waals surface area contributed by atoms with Crippen molar-refractivity contribution in [3.05, 3.63) is 57.3 Å².